The predicted octanol–water partition coefficient (Wildman–Crippen LogP) is 3.10. The molecule has 3 rings (SSSR count). The van der Waals surface area contributed by atoms with Gasteiger partial charge in [-0.2, -0.15) is 0 Å². The maximum atomic E-state index is 10.4. The summed E-state index contributed by atoms with van der Waals surface area (Å²) < 4.78 is 0. The zero-order valence-electron chi connectivity index (χ0n) is 14.7. The highest BCUT2D eigenvalue weighted by Gasteiger charge is 2.30. The van der Waals surface area contributed by atoms with Gasteiger partial charge in [-0.15, -0.1) is 0 Å². The molecule has 11 nitrogen and oxygen atoms in total. The number of nitrogens with one attached hydrogen (secondary N) is 1. The van der Waals surface area contributed by atoms with Crippen molar-refractivity contribution in [3.8, 4) is 5.75 Å². The van der Waals surface area contributed by atoms with E-state index in [1.807, 2.05) is 0 Å². The number of phenols is 1. The molecule has 1 atom stereocenters. The molecule has 0 amide bonds. The average molecular weight is 390 g/mol. The van der Waals surface area contributed by atoms with E-state index in [0.29, 0.717) is 12.1 Å². The lowest BCUT2D eigenvalue weighted by molar-refractivity contribution is -0.404. The molecule has 148 valence electrons. The standard InChI is InChI=1S/C11H15N.C6H3N3O7/c1-2-5-10(6-3-1)9-11-7-4-8-12-11;10-6-4(8(13)14)1-3(7(11)12)2-5(6)9(15)16/h1-3,5-6,11-12H,4,7-9H2;1-2,10H. The van der Waals surface area contributed by atoms with Crippen molar-refractivity contribution in [3.05, 3.63) is 78.4 Å². The highest BCUT2D eigenvalue weighted by Crippen LogP contribution is 2.38. The molecule has 1 unspecified atom stereocenters. The Bertz CT molecular complexity index is 832. The molecule has 1 aliphatic rings. The number of phenolic OH excluding ortho intramolecular Hbond substituents is 1. The normalized spacial score (nSPS) is 15.4. The number of benzene rings is 2. The molecule has 0 radical (unpaired) electrons. The number of hydrogen-bond acceptors (Lipinski definition) is 8. The molecule has 1 aliphatic heterocycles. The van der Waals surface area contributed by atoms with Crippen molar-refractivity contribution in [2.24, 2.45) is 0 Å². The second kappa shape index (κ2) is 9.37. The van der Waals surface area contributed by atoms with Gasteiger partial charge in [0.2, 0.25) is 0 Å². The Morgan fingerprint density at radius 1 is 0.964 bits per heavy atom. The average Bonchev–Trinajstić information content (AvgIpc) is 3.15. The van der Waals surface area contributed by atoms with Crippen LogP contribution in [0.2, 0.25) is 0 Å². The summed E-state index contributed by atoms with van der Waals surface area (Å²) in [5.41, 5.74) is -1.55. The molecule has 2 N–H and O–H groups in total. The number of nitrogens with zero attached hydrogens (tertiary/aromatic N) is 3. The Hall–Kier alpha value is -3.60. The van der Waals surface area contributed by atoms with E-state index >= 15 is 0 Å². The maximum absolute atomic E-state index is 10.4. The SMILES string of the molecule is O=[N+]([O-])c1cc([N+](=O)[O-])c(O)c([N+](=O)[O-])c1.c1ccc(CC2CCCN2)cc1. The molecule has 2 aromatic rings. The van der Waals surface area contributed by atoms with E-state index in [2.05, 4.69) is 35.6 Å². The van der Waals surface area contributed by atoms with E-state index in [4.69, 9.17) is 5.11 Å². The first-order valence-corrected chi connectivity index (χ1v) is 8.37. The fraction of sp³-hybridized carbons (Fsp3) is 0.294. The van der Waals surface area contributed by atoms with Crippen LogP contribution in [-0.4, -0.2) is 32.5 Å². The second-order valence-corrected chi connectivity index (χ2v) is 6.09. The molecule has 11 heteroatoms. The highest BCUT2D eigenvalue weighted by atomic mass is 16.6. The second-order valence-electron chi connectivity index (χ2n) is 6.09. The number of nitro benzene ring substituents is 3. The topological polar surface area (TPSA) is 162 Å². The summed E-state index contributed by atoms with van der Waals surface area (Å²) in [6, 6.07) is 12.3. The number of rotatable bonds is 5. The summed E-state index contributed by atoms with van der Waals surface area (Å²) in [4.78, 5) is 27.8. The van der Waals surface area contributed by atoms with Crippen molar-refractivity contribution in [1.29, 1.82) is 0 Å². The molecule has 28 heavy (non-hydrogen) atoms. The van der Waals surface area contributed by atoms with Crippen molar-refractivity contribution in [3.63, 3.8) is 0 Å². The van der Waals surface area contributed by atoms with E-state index < -0.39 is 37.6 Å². The Labute approximate surface area is 159 Å². The van der Waals surface area contributed by atoms with Crippen LogP contribution in [-0.2, 0) is 6.42 Å². The summed E-state index contributed by atoms with van der Waals surface area (Å²) >= 11 is 0. The van der Waals surface area contributed by atoms with Gasteiger partial charge in [-0.05, 0) is 31.4 Å². The van der Waals surface area contributed by atoms with Gasteiger partial charge in [0.15, 0.2) is 0 Å². The van der Waals surface area contributed by atoms with Gasteiger partial charge in [0.1, 0.15) is 0 Å². The van der Waals surface area contributed by atoms with Gasteiger partial charge in [0.05, 0.1) is 26.9 Å². The van der Waals surface area contributed by atoms with Crippen LogP contribution in [0.5, 0.6) is 5.75 Å². The van der Waals surface area contributed by atoms with Crippen LogP contribution in [0.4, 0.5) is 17.1 Å². The van der Waals surface area contributed by atoms with Crippen molar-refractivity contribution in [2.45, 2.75) is 25.3 Å². The minimum atomic E-state index is -1.21. The van der Waals surface area contributed by atoms with Gasteiger partial charge < -0.3 is 10.4 Å². The van der Waals surface area contributed by atoms with E-state index in [1.165, 1.54) is 31.4 Å². The lowest BCUT2D eigenvalue weighted by Gasteiger charge is -2.08. The van der Waals surface area contributed by atoms with Gasteiger partial charge in [0, 0.05) is 6.04 Å². The zero-order valence-corrected chi connectivity index (χ0v) is 14.7. The van der Waals surface area contributed by atoms with Gasteiger partial charge >= 0.3 is 11.4 Å². The Kier molecular flexibility index (Phi) is 6.93. The molecule has 1 saturated heterocycles. The molecular weight excluding hydrogens is 372 g/mol. The molecule has 0 spiro atoms. The Morgan fingerprint density at radius 3 is 1.96 bits per heavy atom. The third-order valence-electron chi connectivity index (χ3n) is 4.15. The van der Waals surface area contributed by atoms with E-state index in [-0.39, 0.29) is 0 Å². The fourth-order valence-electron chi connectivity index (χ4n) is 2.80. The van der Waals surface area contributed by atoms with Gasteiger partial charge in [-0.25, -0.2) is 0 Å². The summed E-state index contributed by atoms with van der Waals surface area (Å²) in [7, 11) is 0. The lowest BCUT2D eigenvalue weighted by Crippen LogP contribution is -2.23. The maximum Gasteiger partial charge on any atom is 0.324 e. The van der Waals surface area contributed by atoms with E-state index in [1.54, 1.807) is 0 Å². The van der Waals surface area contributed by atoms with Gasteiger partial charge in [-0.1, -0.05) is 30.3 Å². The molecule has 0 aromatic heterocycles. The van der Waals surface area contributed by atoms with Crippen LogP contribution < -0.4 is 5.32 Å². The van der Waals surface area contributed by atoms with Crippen LogP contribution >= 0.6 is 0 Å². The minimum absolute atomic E-state index is 0.447. The Balaban J connectivity index is 0.000000207. The summed E-state index contributed by atoms with van der Waals surface area (Å²) in [5, 5.41) is 43.7. The van der Waals surface area contributed by atoms with E-state index in [0.717, 1.165) is 6.04 Å². The molecule has 2 aromatic carbocycles. The molecule has 1 fully saturated rings. The number of aromatic hydroxyl groups is 1. The molecule has 1 heterocycles. The smallest absolute Gasteiger partial charge is 0.324 e. The molecule has 0 saturated carbocycles. The van der Waals surface area contributed by atoms with Crippen LogP contribution in [0, 0.1) is 30.3 Å². The number of hydrogen-bond donors (Lipinski definition) is 2. The minimum Gasteiger partial charge on any atom is -0.497 e. The molecule has 0 bridgehead atoms. The molecular formula is C17H18N4O7. The third-order valence-corrected chi connectivity index (χ3v) is 4.15. The van der Waals surface area contributed by atoms with Gasteiger partial charge in [0.25, 0.3) is 11.4 Å². The zero-order chi connectivity index (χ0) is 20.7. The molecule has 0 aliphatic carbocycles. The largest absolute Gasteiger partial charge is 0.497 e. The summed E-state index contributed by atoms with van der Waals surface area (Å²) in [5.74, 6) is -1.21. The number of non-ortho nitro benzene ring substituents is 1. The fourth-order valence-corrected chi connectivity index (χ4v) is 2.80. The van der Waals surface area contributed by atoms with Crippen molar-refractivity contribution in [2.75, 3.05) is 6.54 Å². The van der Waals surface area contributed by atoms with Crippen molar-refractivity contribution in [1.82, 2.24) is 5.32 Å². The van der Waals surface area contributed by atoms with E-state index in [9.17, 15) is 30.3 Å². The Morgan fingerprint density at radius 2 is 1.54 bits per heavy atom. The summed E-state index contributed by atoms with van der Waals surface area (Å²) in [6.45, 7) is 1.21. The van der Waals surface area contributed by atoms with Crippen molar-refractivity contribution >= 4 is 17.1 Å². The first-order chi connectivity index (χ1) is 13.3. The lowest BCUT2D eigenvalue weighted by atomic mass is 10.1. The van der Waals surface area contributed by atoms with Crippen LogP contribution in [0.3, 0.4) is 0 Å². The van der Waals surface area contributed by atoms with Crippen LogP contribution in [0.15, 0.2) is 42.5 Å². The highest BCUT2D eigenvalue weighted by molar-refractivity contribution is 5.64. The predicted molar refractivity (Wildman–Crippen MR) is 99.2 cm³/mol. The van der Waals surface area contributed by atoms with Crippen LogP contribution in [0.25, 0.3) is 0 Å². The quantitative estimate of drug-likeness (QED) is 0.581. The first kappa shape index (κ1) is 20.7. The first-order valence-electron chi connectivity index (χ1n) is 8.37. The van der Waals surface area contributed by atoms with Gasteiger partial charge in [-0.3, -0.25) is 30.3 Å². The number of nitro groups is 3. The van der Waals surface area contributed by atoms with Crippen molar-refractivity contribution < 1.29 is 19.9 Å². The van der Waals surface area contributed by atoms with Crippen LogP contribution in [0.1, 0.15) is 18.4 Å². The monoisotopic (exact) mass is 390 g/mol. The third kappa shape index (κ3) is 5.45. The summed E-state index contributed by atoms with van der Waals surface area (Å²) in [6.07, 6.45) is 3.88.